The zero-order valence-corrected chi connectivity index (χ0v) is 11.6. The topological polar surface area (TPSA) is 54.0 Å². The van der Waals surface area contributed by atoms with Crippen molar-refractivity contribution < 1.29 is 4.79 Å². The number of carbonyl (C=O) groups is 1. The van der Waals surface area contributed by atoms with Crippen LogP contribution < -0.4 is 10.6 Å². The highest BCUT2D eigenvalue weighted by Crippen LogP contribution is 2.25. The van der Waals surface area contributed by atoms with Gasteiger partial charge in [-0.1, -0.05) is 23.5 Å². The summed E-state index contributed by atoms with van der Waals surface area (Å²) in [5.74, 6) is -0.0658. The van der Waals surface area contributed by atoms with Crippen molar-refractivity contribution in [3.8, 4) is 0 Å². The van der Waals surface area contributed by atoms with Crippen molar-refractivity contribution in [2.45, 2.75) is 26.3 Å². The van der Waals surface area contributed by atoms with Gasteiger partial charge in [-0.05, 0) is 32.9 Å². The Morgan fingerprint density at radius 2 is 2.06 bits per heavy atom. The van der Waals surface area contributed by atoms with Crippen molar-refractivity contribution in [3.63, 3.8) is 0 Å². The van der Waals surface area contributed by atoms with Crippen LogP contribution in [-0.4, -0.2) is 23.0 Å². The Labute approximate surface area is 110 Å². The van der Waals surface area contributed by atoms with Gasteiger partial charge in [0.25, 0.3) is 0 Å². The Balaban J connectivity index is 1.99. The van der Waals surface area contributed by atoms with E-state index in [-0.39, 0.29) is 11.4 Å². The Hall–Kier alpha value is -1.46. The van der Waals surface area contributed by atoms with E-state index in [9.17, 15) is 4.79 Å². The molecule has 96 valence electrons. The van der Waals surface area contributed by atoms with E-state index in [0.29, 0.717) is 11.7 Å². The molecule has 0 atom stereocenters. The lowest BCUT2D eigenvalue weighted by atomic mass is 10.1. The maximum Gasteiger partial charge on any atom is 0.240 e. The highest BCUT2D eigenvalue weighted by atomic mass is 32.1. The van der Waals surface area contributed by atoms with Crippen LogP contribution in [0.25, 0.3) is 10.2 Å². The summed E-state index contributed by atoms with van der Waals surface area (Å²) in [5, 5.41) is 6.60. The van der Waals surface area contributed by atoms with E-state index in [0.717, 1.165) is 10.2 Å². The Morgan fingerprint density at radius 3 is 2.72 bits per heavy atom. The Morgan fingerprint density at radius 1 is 1.33 bits per heavy atom. The second-order valence-electron chi connectivity index (χ2n) is 5.14. The summed E-state index contributed by atoms with van der Waals surface area (Å²) in [4.78, 5) is 16.1. The molecule has 1 aromatic heterocycles. The van der Waals surface area contributed by atoms with Crippen molar-refractivity contribution in [2.24, 2.45) is 0 Å². The quantitative estimate of drug-likeness (QED) is 0.895. The highest BCUT2D eigenvalue weighted by Gasteiger charge is 2.12. The molecule has 0 aliphatic rings. The molecule has 4 nitrogen and oxygen atoms in total. The minimum absolute atomic E-state index is 0.0646. The molecule has 0 saturated carbocycles. The predicted octanol–water partition coefficient (Wildman–Crippen LogP) is 2.62. The number of amides is 1. The van der Waals surface area contributed by atoms with E-state index in [4.69, 9.17) is 0 Å². The number of aromatic nitrogens is 1. The second-order valence-corrected chi connectivity index (χ2v) is 6.17. The largest absolute Gasteiger partial charge is 0.304 e. The molecule has 0 bridgehead atoms. The van der Waals surface area contributed by atoms with Crippen LogP contribution in [0.4, 0.5) is 5.13 Å². The molecule has 0 radical (unpaired) electrons. The van der Waals surface area contributed by atoms with Crippen LogP contribution in [-0.2, 0) is 4.79 Å². The third-order valence-electron chi connectivity index (χ3n) is 2.32. The normalized spacial score (nSPS) is 11.7. The number of hydrogen-bond acceptors (Lipinski definition) is 4. The highest BCUT2D eigenvalue weighted by molar-refractivity contribution is 7.22. The van der Waals surface area contributed by atoms with Crippen LogP contribution in [0, 0.1) is 0 Å². The number of carbonyl (C=O) groups excluding carboxylic acids is 1. The third kappa shape index (κ3) is 3.51. The molecule has 18 heavy (non-hydrogen) atoms. The minimum Gasteiger partial charge on any atom is -0.304 e. The van der Waals surface area contributed by atoms with Gasteiger partial charge in [0.15, 0.2) is 5.13 Å². The summed E-state index contributed by atoms with van der Waals surface area (Å²) >= 11 is 1.49. The van der Waals surface area contributed by atoms with Crippen LogP contribution in [0.1, 0.15) is 20.8 Å². The number of benzene rings is 1. The molecule has 1 amide bonds. The second kappa shape index (κ2) is 5.04. The monoisotopic (exact) mass is 263 g/mol. The molecule has 0 aliphatic carbocycles. The van der Waals surface area contributed by atoms with Gasteiger partial charge in [0.1, 0.15) is 0 Å². The Bertz CT molecular complexity index is 524. The van der Waals surface area contributed by atoms with E-state index >= 15 is 0 Å². The van der Waals surface area contributed by atoms with Crippen molar-refractivity contribution >= 4 is 32.6 Å². The van der Waals surface area contributed by atoms with Crippen molar-refractivity contribution in [1.82, 2.24) is 10.3 Å². The molecule has 1 aromatic carbocycles. The summed E-state index contributed by atoms with van der Waals surface area (Å²) in [6.07, 6.45) is 0. The first-order valence-corrected chi connectivity index (χ1v) is 6.66. The smallest absolute Gasteiger partial charge is 0.240 e. The molecule has 1 heterocycles. The van der Waals surface area contributed by atoms with Crippen LogP contribution in [0.15, 0.2) is 24.3 Å². The van der Waals surface area contributed by atoms with Gasteiger partial charge < -0.3 is 10.6 Å². The average Bonchev–Trinajstić information content (AvgIpc) is 2.67. The standard InChI is InChI=1S/C13H17N3OS/c1-13(2,3)14-8-11(17)16-12-15-9-6-4-5-7-10(9)18-12/h4-7,14H,8H2,1-3H3,(H,15,16,17). The van der Waals surface area contributed by atoms with E-state index in [1.54, 1.807) is 0 Å². The first kappa shape index (κ1) is 13.0. The lowest BCUT2D eigenvalue weighted by Gasteiger charge is -2.19. The fourth-order valence-electron chi connectivity index (χ4n) is 1.43. The van der Waals surface area contributed by atoms with E-state index in [1.165, 1.54) is 11.3 Å². The van der Waals surface area contributed by atoms with Gasteiger partial charge in [-0.2, -0.15) is 0 Å². The first-order valence-electron chi connectivity index (χ1n) is 5.84. The molecule has 0 saturated heterocycles. The van der Waals surface area contributed by atoms with Crippen LogP contribution in [0.5, 0.6) is 0 Å². The third-order valence-corrected chi connectivity index (χ3v) is 3.27. The SMILES string of the molecule is CC(C)(C)NCC(=O)Nc1nc2ccccc2s1. The molecule has 2 N–H and O–H groups in total. The van der Waals surface area contributed by atoms with Crippen molar-refractivity contribution in [2.75, 3.05) is 11.9 Å². The van der Waals surface area contributed by atoms with Gasteiger partial charge in [0.2, 0.25) is 5.91 Å². The molecule has 0 aliphatic heterocycles. The molecule has 5 heteroatoms. The van der Waals surface area contributed by atoms with Crippen LogP contribution in [0.3, 0.4) is 0 Å². The number of fused-ring (bicyclic) bond motifs is 1. The summed E-state index contributed by atoms with van der Waals surface area (Å²) in [6.45, 7) is 6.37. The molecule has 2 rings (SSSR count). The van der Waals surface area contributed by atoms with Crippen molar-refractivity contribution in [1.29, 1.82) is 0 Å². The van der Waals surface area contributed by atoms with Gasteiger partial charge in [-0.25, -0.2) is 4.98 Å². The minimum atomic E-state index is -0.0658. The van der Waals surface area contributed by atoms with Gasteiger partial charge in [0, 0.05) is 5.54 Å². The number of thiazole rings is 1. The van der Waals surface area contributed by atoms with Crippen LogP contribution >= 0.6 is 11.3 Å². The summed E-state index contributed by atoms with van der Waals surface area (Å²) < 4.78 is 1.08. The lowest BCUT2D eigenvalue weighted by Crippen LogP contribution is -2.41. The molecular formula is C13H17N3OS. The summed E-state index contributed by atoms with van der Waals surface area (Å²) in [5.41, 5.74) is 0.854. The zero-order valence-electron chi connectivity index (χ0n) is 10.8. The summed E-state index contributed by atoms with van der Waals surface area (Å²) in [7, 11) is 0. The molecule has 0 spiro atoms. The van der Waals surface area contributed by atoms with Gasteiger partial charge >= 0.3 is 0 Å². The average molecular weight is 263 g/mol. The number of nitrogens with one attached hydrogen (secondary N) is 2. The fraction of sp³-hybridized carbons (Fsp3) is 0.385. The van der Waals surface area contributed by atoms with E-state index in [2.05, 4.69) is 15.6 Å². The molecule has 0 unspecified atom stereocenters. The van der Waals surface area contributed by atoms with Gasteiger partial charge in [-0.15, -0.1) is 0 Å². The maximum atomic E-state index is 11.7. The van der Waals surface area contributed by atoms with Gasteiger partial charge in [0.05, 0.1) is 16.8 Å². The number of nitrogens with zero attached hydrogens (tertiary/aromatic N) is 1. The number of hydrogen-bond donors (Lipinski definition) is 2. The van der Waals surface area contributed by atoms with E-state index < -0.39 is 0 Å². The molecule has 2 aromatic rings. The Kier molecular flexibility index (Phi) is 3.63. The van der Waals surface area contributed by atoms with Crippen molar-refractivity contribution in [3.05, 3.63) is 24.3 Å². The zero-order chi connectivity index (χ0) is 13.2. The molecule has 0 fully saturated rings. The first-order chi connectivity index (χ1) is 8.44. The number of rotatable bonds is 3. The van der Waals surface area contributed by atoms with E-state index in [1.807, 2.05) is 45.0 Å². The number of anilines is 1. The summed E-state index contributed by atoms with van der Waals surface area (Å²) in [6, 6.07) is 7.84. The predicted molar refractivity (Wildman–Crippen MR) is 76.0 cm³/mol. The van der Waals surface area contributed by atoms with Crippen LogP contribution in [0.2, 0.25) is 0 Å². The fourth-order valence-corrected chi connectivity index (χ4v) is 2.32. The number of para-hydroxylation sites is 1. The maximum absolute atomic E-state index is 11.7. The van der Waals surface area contributed by atoms with Gasteiger partial charge in [-0.3, -0.25) is 4.79 Å². The lowest BCUT2D eigenvalue weighted by molar-refractivity contribution is -0.115. The molecular weight excluding hydrogens is 246 g/mol.